The fourth-order valence-corrected chi connectivity index (χ4v) is 2.93. The number of aromatic nitrogens is 2. The molecule has 0 spiro atoms. The van der Waals surface area contributed by atoms with Gasteiger partial charge in [0, 0.05) is 36.5 Å². The van der Waals surface area contributed by atoms with Crippen LogP contribution in [0.5, 0.6) is 0 Å². The molecule has 0 bridgehead atoms. The molecule has 0 saturated carbocycles. The Morgan fingerprint density at radius 3 is 2.33 bits per heavy atom. The van der Waals surface area contributed by atoms with Crippen molar-refractivity contribution in [3.63, 3.8) is 0 Å². The van der Waals surface area contributed by atoms with Gasteiger partial charge in [-0.3, -0.25) is 4.79 Å². The minimum absolute atomic E-state index is 0.0935. The number of hydrogen-bond acceptors (Lipinski definition) is 6. The smallest absolute Gasteiger partial charge is 0.225 e. The molecule has 30 heavy (non-hydrogen) atoms. The second kappa shape index (κ2) is 10.4. The molecule has 3 N–H and O–H groups in total. The van der Waals surface area contributed by atoms with Crippen LogP contribution in [0.1, 0.15) is 13.3 Å². The third-order valence-corrected chi connectivity index (χ3v) is 4.34. The molecule has 7 nitrogen and oxygen atoms in total. The van der Waals surface area contributed by atoms with Crippen molar-refractivity contribution in [3.8, 4) is 11.3 Å². The van der Waals surface area contributed by atoms with Gasteiger partial charge in [0.05, 0.1) is 5.69 Å². The van der Waals surface area contributed by atoms with Crippen molar-refractivity contribution in [1.29, 1.82) is 0 Å². The van der Waals surface area contributed by atoms with Crippen molar-refractivity contribution in [2.45, 2.75) is 13.3 Å². The first-order valence-electron chi connectivity index (χ1n) is 9.97. The Bertz CT molecular complexity index is 957. The Hall–Kier alpha value is -3.45. The van der Waals surface area contributed by atoms with E-state index in [1.165, 1.54) is 6.92 Å². The van der Waals surface area contributed by atoms with Crippen LogP contribution in [0.25, 0.3) is 11.3 Å². The first kappa shape index (κ1) is 21.3. The molecule has 1 heterocycles. The summed E-state index contributed by atoms with van der Waals surface area (Å²) >= 11 is 0. The van der Waals surface area contributed by atoms with E-state index in [1.54, 1.807) is 0 Å². The number of amides is 1. The van der Waals surface area contributed by atoms with Crippen molar-refractivity contribution >= 4 is 29.0 Å². The van der Waals surface area contributed by atoms with Crippen LogP contribution in [0.4, 0.5) is 23.1 Å². The van der Waals surface area contributed by atoms with Crippen molar-refractivity contribution < 1.29 is 4.79 Å². The predicted molar refractivity (Wildman–Crippen MR) is 123 cm³/mol. The minimum Gasteiger partial charge on any atom is -0.354 e. The first-order chi connectivity index (χ1) is 14.5. The Morgan fingerprint density at radius 2 is 1.67 bits per heavy atom. The molecular formula is C23H28N6O. The summed E-state index contributed by atoms with van der Waals surface area (Å²) in [4.78, 5) is 22.7. The molecule has 0 radical (unpaired) electrons. The molecule has 2 aromatic carbocycles. The van der Waals surface area contributed by atoms with E-state index in [4.69, 9.17) is 0 Å². The lowest BCUT2D eigenvalue weighted by Gasteiger charge is -2.13. The molecule has 1 aromatic heterocycles. The number of nitrogens with zero attached hydrogens (tertiary/aromatic N) is 3. The van der Waals surface area contributed by atoms with Gasteiger partial charge in [-0.05, 0) is 51.3 Å². The van der Waals surface area contributed by atoms with E-state index in [0.717, 1.165) is 42.1 Å². The van der Waals surface area contributed by atoms with Crippen LogP contribution in [0.3, 0.4) is 0 Å². The lowest BCUT2D eigenvalue weighted by molar-refractivity contribution is -0.114. The molecule has 1 amide bonds. The quantitative estimate of drug-likeness (QED) is 0.464. The van der Waals surface area contributed by atoms with Gasteiger partial charge >= 0.3 is 0 Å². The summed E-state index contributed by atoms with van der Waals surface area (Å²) in [6.07, 6.45) is 0.999. The zero-order valence-electron chi connectivity index (χ0n) is 17.6. The lowest BCUT2D eigenvalue weighted by Crippen LogP contribution is -2.17. The van der Waals surface area contributed by atoms with Gasteiger partial charge in [-0.2, -0.15) is 4.98 Å². The third-order valence-electron chi connectivity index (χ3n) is 4.34. The van der Waals surface area contributed by atoms with Crippen molar-refractivity contribution in [2.75, 3.05) is 43.1 Å². The third kappa shape index (κ3) is 6.56. The van der Waals surface area contributed by atoms with E-state index < -0.39 is 0 Å². The number of benzene rings is 2. The maximum absolute atomic E-state index is 11.2. The van der Waals surface area contributed by atoms with Crippen LogP contribution in [0, 0.1) is 0 Å². The molecule has 0 aliphatic heterocycles. The molecule has 0 atom stereocenters. The fraction of sp³-hybridized carbons (Fsp3) is 0.261. The molecule has 156 valence electrons. The fourth-order valence-electron chi connectivity index (χ4n) is 2.93. The monoisotopic (exact) mass is 404 g/mol. The normalized spacial score (nSPS) is 10.7. The second-order valence-electron chi connectivity index (χ2n) is 7.30. The van der Waals surface area contributed by atoms with Gasteiger partial charge in [0.25, 0.3) is 0 Å². The zero-order chi connectivity index (χ0) is 21.3. The van der Waals surface area contributed by atoms with Gasteiger partial charge in [-0.25, -0.2) is 4.98 Å². The predicted octanol–water partition coefficient (Wildman–Crippen LogP) is 4.21. The number of carbonyl (C=O) groups excluding carboxylic acids is 1. The van der Waals surface area contributed by atoms with Crippen LogP contribution < -0.4 is 16.0 Å². The summed E-state index contributed by atoms with van der Waals surface area (Å²) < 4.78 is 0. The summed E-state index contributed by atoms with van der Waals surface area (Å²) in [5, 5.41) is 9.43. The molecule has 0 aliphatic carbocycles. The summed E-state index contributed by atoms with van der Waals surface area (Å²) in [7, 11) is 4.12. The van der Waals surface area contributed by atoms with Gasteiger partial charge in [0.2, 0.25) is 11.9 Å². The Kier molecular flexibility index (Phi) is 7.34. The van der Waals surface area contributed by atoms with Crippen molar-refractivity contribution in [1.82, 2.24) is 14.9 Å². The van der Waals surface area contributed by atoms with E-state index in [2.05, 4.69) is 44.9 Å². The average Bonchev–Trinajstić information content (AvgIpc) is 2.73. The average molecular weight is 405 g/mol. The molecule has 0 aliphatic rings. The summed E-state index contributed by atoms with van der Waals surface area (Å²) in [5.74, 6) is 1.20. The topological polar surface area (TPSA) is 82.2 Å². The zero-order valence-corrected chi connectivity index (χ0v) is 17.6. The lowest BCUT2D eigenvalue weighted by atomic mass is 10.1. The van der Waals surface area contributed by atoms with Gasteiger partial charge in [0.15, 0.2) is 0 Å². The number of rotatable bonds is 9. The van der Waals surface area contributed by atoms with E-state index in [-0.39, 0.29) is 5.91 Å². The maximum atomic E-state index is 11.2. The number of nitrogens with one attached hydrogen (secondary N) is 3. The van der Waals surface area contributed by atoms with E-state index in [9.17, 15) is 4.79 Å². The highest BCUT2D eigenvalue weighted by Crippen LogP contribution is 2.24. The Balaban J connectivity index is 1.79. The molecule has 0 saturated heterocycles. The molecule has 7 heteroatoms. The molecule has 0 unspecified atom stereocenters. The van der Waals surface area contributed by atoms with Crippen molar-refractivity contribution in [2.24, 2.45) is 0 Å². The Labute approximate surface area is 177 Å². The van der Waals surface area contributed by atoms with Crippen LogP contribution in [0.2, 0.25) is 0 Å². The second-order valence-corrected chi connectivity index (χ2v) is 7.30. The SMILES string of the molecule is CC(=O)Nc1ccc(Nc2cc(-c3ccccc3)nc(NCCCN(C)C)n2)cc1. The first-order valence-corrected chi connectivity index (χ1v) is 9.97. The molecule has 0 fully saturated rings. The van der Waals surface area contributed by atoms with Gasteiger partial charge in [0.1, 0.15) is 5.82 Å². The van der Waals surface area contributed by atoms with Crippen LogP contribution in [-0.4, -0.2) is 48.0 Å². The summed E-state index contributed by atoms with van der Waals surface area (Å²) in [6.45, 7) is 3.28. The summed E-state index contributed by atoms with van der Waals surface area (Å²) in [6, 6.07) is 19.5. The van der Waals surface area contributed by atoms with E-state index in [1.807, 2.05) is 60.7 Å². The van der Waals surface area contributed by atoms with Crippen LogP contribution >= 0.6 is 0 Å². The standard InChI is InChI=1S/C23H28N6O/c1-17(30)25-19-10-12-20(13-11-19)26-22-16-21(18-8-5-4-6-9-18)27-23(28-22)24-14-7-15-29(2)3/h4-6,8-13,16H,7,14-15H2,1-3H3,(H,25,30)(H2,24,26,27,28). The van der Waals surface area contributed by atoms with E-state index in [0.29, 0.717) is 11.8 Å². The molecular weight excluding hydrogens is 376 g/mol. The molecule has 3 aromatic rings. The molecule has 3 rings (SSSR count). The van der Waals surface area contributed by atoms with Crippen LogP contribution in [-0.2, 0) is 4.79 Å². The van der Waals surface area contributed by atoms with Gasteiger partial charge in [-0.1, -0.05) is 30.3 Å². The largest absolute Gasteiger partial charge is 0.354 e. The van der Waals surface area contributed by atoms with Crippen molar-refractivity contribution in [3.05, 3.63) is 60.7 Å². The maximum Gasteiger partial charge on any atom is 0.225 e. The number of anilines is 4. The number of hydrogen-bond donors (Lipinski definition) is 3. The van der Waals surface area contributed by atoms with Crippen LogP contribution in [0.15, 0.2) is 60.7 Å². The van der Waals surface area contributed by atoms with E-state index >= 15 is 0 Å². The minimum atomic E-state index is -0.0935. The highest BCUT2D eigenvalue weighted by Gasteiger charge is 2.08. The van der Waals surface area contributed by atoms with Gasteiger partial charge < -0.3 is 20.9 Å². The highest BCUT2D eigenvalue weighted by molar-refractivity contribution is 5.88. The number of carbonyl (C=O) groups is 1. The summed E-state index contributed by atoms with van der Waals surface area (Å²) in [5.41, 5.74) is 3.50. The van der Waals surface area contributed by atoms with Gasteiger partial charge in [-0.15, -0.1) is 0 Å². The Morgan fingerprint density at radius 1 is 0.967 bits per heavy atom. The highest BCUT2D eigenvalue weighted by atomic mass is 16.1.